The first-order valence-electron chi connectivity index (χ1n) is 5.26. The molecular formula is C14H12O3. The minimum atomic E-state index is -0.848. The van der Waals surface area contributed by atoms with Crippen molar-refractivity contribution in [3.63, 3.8) is 0 Å². The lowest BCUT2D eigenvalue weighted by Gasteiger charge is -2.00. The largest absolute Gasteiger partial charge is 0.508 e. The lowest BCUT2D eigenvalue weighted by atomic mass is 10.1. The first-order valence-corrected chi connectivity index (χ1v) is 5.26. The number of rotatable bonds is 3. The van der Waals surface area contributed by atoms with Gasteiger partial charge in [0.15, 0.2) is 0 Å². The maximum absolute atomic E-state index is 10.4. The predicted octanol–water partition coefficient (Wildman–Crippen LogP) is 3.03. The quantitative estimate of drug-likeness (QED) is 0.848. The van der Waals surface area contributed by atoms with Gasteiger partial charge in [-0.05, 0) is 34.5 Å². The van der Waals surface area contributed by atoms with Gasteiger partial charge in [-0.2, -0.15) is 0 Å². The molecule has 0 radical (unpaired) electrons. The number of hydrogen-bond acceptors (Lipinski definition) is 2. The monoisotopic (exact) mass is 228 g/mol. The van der Waals surface area contributed by atoms with Gasteiger partial charge in [0.25, 0.3) is 0 Å². The SMILES string of the molecule is O=C(O)CC=Cc1ccc2ccc(O)cc2c1. The lowest BCUT2D eigenvalue weighted by molar-refractivity contribution is -0.135. The number of carboxylic acids is 1. The normalized spacial score (nSPS) is 11.1. The fourth-order valence-electron chi connectivity index (χ4n) is 1.65. The molecule has 0 saturated heterocycles. The lowest BCUT2D eigenvalue weighted by Crippen LogP contribution is -1.89. The zero-order chi connectivity index (χ0) is 12.3. The molecule has 2 aromatic rings. The Morgan fingerprint density at radius 3 is 2.65 bits per heavy atom. The Balaban J connectivity index is 2.30. The molecule has 0 unspecified atom stereocenters. The molecule has 3 heteroatoms. The van der Waals surface area contributed by atoms with Crippen molar-refractivity contribution < 1.29 is 15.0 Å². The van der Waals surface area contributed by atoms with Crippen LogP contribution in [0, 0.1) is 0 Å². The summed E-state index contributed by atoms with van der Waals surface area (Å²) in [5.74, 6) is -0.621. The van der Waals surface area contributed by atoms with E-state index in [1.54, 1.807) is 24.3 Å². The highest BCUT2D eigenvalue weighted by molar-refractivity contribution is 5.86. The van der Waals surface area contributed by atoms with Crippen LogP contribution in [0.5, 0.6) is 5.75 Å². The van der Waals surface area contributed by atoms with Crippen molar-refractivity contribution in [3.05, 3.63) is 48.0 Å². The number of phenols is 1. The van der Waals surface area contributed by atoms with E-state index in [4.69, 9.17) is 5.11 Å². The van der Waals surface area contributed by atoms with Gasteiger partial charge in [0.05, 0.1) is 6.42 Å². The second kappa shape index (κ2) is 4.70. The first kappa shape index (κ1) is 11.2. The zero-order valence-electron chi connectivity index (χ0n) is 9.13. The third-order valence-corrected chi connectivity index (χ3v) is 2.45. The maximum Gasteiger partial charge on any atom is 0.307 e. The smallest absolute Gasteiger partial charge is 0.307 e. The van der Waals surface area contributed by atoms with E-state index in [1.165, 1.54) is 0 Å². The molecule has 0 aliphatic carbocycles. The Morgan fingerprint density at radius 2 is 1.88 bits per heavy atom. The zero-order valence-corrected chi connectivity index (χ0v) is 9.13. The first-order chi connectivity index (χ1) is 8.15. The Labute approximate surface area is 98.6 Å². The van der Waals surface area contributed by atoms with Crippen molar-refractivity contribution in [2.45, 2.75) is 6.42 Å². The molecule has 0 atom stereocenters. The predicted molar refractivity (Wildman–Crippen MR) is 66.9 cm³/mol. The average Bonchev–Trinajstić information content (AvgIpc) is 2.28. The summed E-state index contributed by atoms with van der Waals surface area (Å²) < 4.78 is 0. The van der Waals surface area contributed by atoms with Gasteiger partial charge in [0.1, 0.15) is 5.75 Å². The van der Waals surface area contributed by atoms with Crippen LogP contribution < -0.4 is 0 Å². The molecule has 0 saturated carbocycles. The number of hydrogen-bond donors (Lipinski definition) is 2. The number of fused-ring (bicyclic) bond motifs is 1. The summed E-state index contributed by atoms with van der Waals surface area (Å²) in [4.78, 5) is 10.4. The molecule has 0 bridgehead atoms. The molecule has 0 fully saturated rings. The fourth-order valence-corrected chi connectivity index (χ4v) is 1.65. The number of aliphatic carboxylic acids is 1. The van der Waals surface area contributed by atoms with Crippen molar-refractivity contribution in [1.82, 2.24) is 0 Å². The summed E-state index contributed by atoms with van der Waals surface area (Å²) in [6.07, 6.45) is 3.38. The van der Waals surface area contributed by atoms with E-state index >= 15 is 0 Å². The van der Waals surface area contributed by atoms with Gasteiger partial charge in [-0.1, -0.05) is 30.4 Å². The number of benzene rings is 2. The van der Waals surface area contributed by atoms with Crippen LogP contribution in [-0.4, -0.2) is 16.2 Å². The molecule has 0 amide bonds. The highest BCUT2D eigenvalue weighted by atomic mass is 16.4. The van der Waals surface area contributed by atoms with Gasteiger partial charge in [0, 0.05) is 0 Å². The Bertz CT molecular complexity index is 585. The van der Waals surface area contributed by atoms with Gasteiger partial charge >= 0.3 is 5.97 Å². The van der Waals surface area contributed by atoms with Crippen LogP contribution in [0.3, 0.4) is 0 Å². The molecule has 17 heavy (non-hydrogen) atoms. The van der Waals surface area contributed by atoms with Gasteiger partial charge in [-0.15, -0.1) is 0 Å². The van der Waals surface area contributed by atoms with Crippen LogP contribution in [0.15, 0.2) is 42.5 Å². The van der Waals surface area contributed by atoms with Crippen molar-refractivity contribution in [2.75, 3.05) is 0 Å². The number of carbonyl (C=O) groups is 1. The maximum atomic E-state index is 10.4. The van der Waals surface area contributed by atoms with Crippen LogP contribution in [0.25, 0.3) is 16.8 Å². The van der Waals surface area contributed by atoms with E-state index in [0.29, 0.717) is 0 Å². The van der Waals surface area contributed by atoms with Crippen LogP contribution in [0.1, 0.15) is 12.0 Å². The van der Waals surface area contributed by atoms with Crippen LogP contribution in [-0.2, 0) is 4.79 Å². The summed E-state index contributed by atoms with van der Waals surface area (Å²) in [5, 5.41) is 19.9. The van der Waals surface area contributed by atoms with Crippen molar-refractivity contribution in [1.29, 1.82) is 0 Å². The Hall–Kier alpha value is -2.29. The van der Waals surface area contributed by atoms with Gasteiger partial charge in [0.2, 0.25) is 0 Å². The van der Waals surface area contributed by atoms with E-state index in [1.807, 2.05) is 24.3 Å². The molecule has 0 spiro atoms. The van der Waals surface area contributed by atoms with E-state index in [2.05, 4.69) is 0 Å². The van der Waals surface area contributed by atoms with Crippen LogP contribution in [0.2, 0.25) is 0 Å². The van der Waals surface area contributed by atoms with Gasteiger partial charge in [-0.3, -0.25) is 4.79 Å². The van der Waals surface area contributed by atoms with E-state index in [0.717, 1.165) is 16.3 Å². The van der Waals surface area contributed by atoms with Crippen molar-refractivity contribution >= 4 is 22.8 Å². The number of phenolic OH excluding ortho intramolecular Hbond substituents is 1. The highest BCUT2D eigenvalue weighted by Crippen LogP contribution is 2.21. The third kappa shape index (κ3) is 2.84. The summed E-state index contributed by atoms with van der Waals surface area (Å²) in [5.41, 5.74) is 0.921. The molecule has 3 nitrogen and oxygen atoms in total. The molecule has 0 aliphatic heterocycles. The van der Waals surface area contributed by atoms with Gasteiger partial charge < -0.3 is 10.2 Å². The van der Waals surface area contributed by atoms with E-state index in [9.17, 15) is 9.90 Å². The second-order valence-electron chi connectivity index (χ2n) is 3.79. The minimum absolute atomic E-state index is 0.0120. The number of aromatic hydroxyl groups is 1. The molecule has 0 aromatic heterocycles. The van der Waals surface area contributed by atoms with Crippen molar-refractivity contribution in [3.8, 4) is 5.75 Å². The molecular weight excluding hydrogens is 216 g/mol. The topological polar surface area (TPSA) is 57.5 Å². The van der Waals surface area contributed by atoms with E-state index < -0.39 is 5.97 Å². The fraction of sp³-hybridized carbons (Fsp3) is 0.0714. The van der Waals surface area contributed by atoms with Gasteiger partial charge in [-0.25, -0.2) is 0 Å². The second-order valence-corrected chi connectivity index (χ2v) is 3.79. The molecule has 0 aliphatic rings. The third-order valence-electron chi connectivity index (χ3n) is 2.45. The molecule has 86 valence electrons. The van der Waals surface area contributed by atoms with E-state index in [-0.39, 0.29) is 12.2 Å². The molecule has 2 rings (SSSR count). The summed E-state index contributed by atoms with van der Waals surface area (Å²) in [6, 6.07) is 10.9. The Kier molecular flexibility index (Phi) is 3.10. The average molecular weight is 228 g/mol. The standard InChI is InChI=1S/C14H12O3/c15-13-7-6-11-5-4-10(8-12(11)9-13)2-1-3-14(16)17/h1-2,4-9,15H,3H2,(H,16,17). The molecule has 2 aromatic carbocycles. The van der Waals surface area contributed by atoms with Crippen LogP contribution in [0.4, 0.5) is 0 Å². The minimum Gasteiger partial charge on any atom is -0.508 e. The Morgan fingerprint density at radius 1 is 1.12 bits per heavy atom. The van der Waals surface area contributed by atoms with Crippen LogP contribution >= 0.6 is 0 Å². The summed E-state index contributed by atoms with van der Waals surface area (Å²) >= 11 is 0. The number of carboxylic acid groups (broad SMARTS) is 1. The highest BCUT2D eigenvalue weighted by Gasteiger charge is 1.96. The molecule has 2 N–H and O–H groups in total. The van der Waals surface area contributed by atoms with Crippen molar-refractivity contribution in [2.24, 2.45) is 0 Å². The molecule has 0 heterocycles. The summed E-state index contributed by atoms with van der Waals surface area (Å²) in [7, 11) is 0. The summed E-state index contributed by atoms with van der Waals surface area (Å²) in [6.45, 7) is 0.